The standard InChI is InChI=1S/C53H37N3/c1-2-49-54-47-21-11-12-22-48(47)56(49)36-29-27-34(28-30-36)33-23-25-35(26-24-33)52-41-31-32-45-51(50(41)40-16-6-10-20-46(40)55-52)39-15-5-9-19-44(39)53(45)42-17-7-3-13-37(42)38-14-4-8-18-43(38)53/h3-18,20-32,44H,2,19H2,1H3. The van der Waals surface area contributed by atoms with E-state index in [2.05, 4.69) is 187 Å². The van der Waals surface area contributed by atoms with Crippen LogP contribution in [0.5, 0.6) is 0 Å². The number of pyridine rings is 1. The molecule has 3 heteroatoms. The number of allylic oxidation sites excluding steroid dienone is 4. The van der Waals surface area contributed by atoms with E-state index in [1.54, 1.807) is 0 Å². The van der Waals surface area contributed by atoms with Gasteiger partial charge in [-0.3, -0.25) is 4.57 Å². The second-order valence-corrected chi connectivity index (χ2v) is 15.5. The van der Waals surface area contributed by atoms with Crippen LogP contribution in [0.4, 0.5) is 0 Å². The maximum absolute atomic E-state index is 5.41. The summed E-state index contributed by atoms with van der Waals surface area (Å²) in [5.41, 5.74) is 18.4. The van der Waals surface area contributed by atoms with Gasteiger partial charge >= 0.3 is 0 Å². The van der Waals surface area contributed by atoms with Gasteiger partial charge < -0.3 is 0 Å². The molecule has 3 aliphatic rings. The minimum atomic E-state index is -0.252. The van der Waals surface area contributed by atoms with Gasteiger partial charge in [-0.25, -0.2) is 9.97 Å². The lowest BCUT2D eigenvalue weighted by atomic mass is 9.65. The van der Waals surface area contributed by atoms with Crippen molar-refractivity contribution in [2.75, 3.05) is 0 Å². The van der Waals surface area contributed by atoms with Gasteiger partial charge in [0.15, 0.2) is 0 Å². The van der Waals surface area contributed by atoms with Crippen molar-refractivity contribution >= 4 is 38.3 Å². The average Bonchev–Trinajstić information content (AvgIpc) is 3.90. The summed E-state index contributed by atoms with van der Waals surface area (Å²) >= 11 is 0. The fraction of sp³-hybridized carbons (Fsp3) is 0.0943. The van der Waals surface area contributed by atoms with Crippen LogP contribution < -0.4 is 0 Å². The van der Waals surface area contributed by atoms with Gasteiger partial charge in [0, 0.05) is 39.7 Å². The Morgan fingerprint density at radius 1 is 0.589 bits per heavy atom. The Kier molecular flexibility index (Phi) is 6.65. The maximum atomic E-state index is 5.41. The molecule has 3 aliphatic carbocycles. The van der Waals surface area contributed by atoms with E-state index in [1.165, 1.54) is 66.2 Å². The van der Waals surface area contributed by atoms with E-state index < -0.39 is 0 Å². The predicted molar refractivity (Wildman–Crippen MR) is 231 cm³/mol. The monoisotopic (exact) mass is 715 g/mol. The van der Waals surface area contributed by atoms with Crippen molar-refractivity contribution in [1.29, 1.82) is 0 Å². The highest BCUT2D eigenvalue weighted by molar-refractivity contribution is 6.17. The van der Waals surface area contributed by atoms with Crippen LogP contribution in [0.2, 0.25) is 0 Å². The van der Waals surface area contributed by atoms with Gasteiger partial charge in [0.2, 0.25) is 0 Å². The molecule has 3 nitrogen and oxygen atoms in total. The summed E-state index contributed by atoms with van der Waals surface area (Å²) in [6.45, 7) is 2.17. The lowest BCUT2D eigenvalue weighted by Crippen LogP contribution is -2.32. The molecule has 1 spiro atoms. The molecule has 7 aromatic carbocycles. The van der Waals surface area contributed by atoms with E-state index in [1.807, 2.05) is 0 Å². The molecule has 2 heterocycles. The van der Waals surface area contributed by atoms with Gasteiger partial charge in [-0.1, -0.05) is 153 Å². The minimum absolute atomic E-state index is 0.252. The molecular formula is C53H37N3. The van der Waals surface area contributed by atoms with Gasteiger partial charge in [-0.15, -0.1) is 0 Å². The molecule has 1 atom stereocenters. The summed E-state index contributed by atoms with van der Waals surface area (Å²) in [6, 6.07) is 58.1. The Labute approximate surface area is 326 Å². The fourth-order valence-electron chi connectivity index (χ4n) is 10.5. The molecule has 0 N–H and O–H groups in total. The third kappa shape index (κ3) is 4.17. The number of fused-ring (bicyclic) bond motifs is 15. The van der Waals surface area contributed by atoms with Crippen molar-refractivity contribution in [3.8, 4) is 39.2 Å². The highest BCUT2D eigenvalue weighted by Gasteiger charge is 2.56. The lowest BCUT2D eigenvalue weighted by Gasteiger charge is -2.36. The molecule has 0 radical (unpaired) electrons. The van der Waals surface area contributed by atoms with Crippen LogP contribution >= 0.6 is 0 Å². The molecule has 0 fully saturated rings. The van der Waals surface area contributed by atoms with E-state index in [0.29, 0.717) is 5.92 Å². The van der Waals surface area contributed by atoms with Crippen LogP contribution in [0.15, 0.2) is 176 Å². The SMILES string of the molecule is CCc1nc2ccccc2n1-c1ccc(-c2ccc(-c3nc4ccccc4c4c5c(ccc34)C3(c4ccccc4-c4ccccc43)C3CC=CC=C53)cc2)cc1. The first kappa shape index (κ1) is 31.5. The third-order valence-corrected chi connectivity index (χ3v) is 12.8. The zero-order valence-corrected chi connectivity index (χ0v) is 31.1. The number of aromatic nitrogens is 3. The van der Waals surface area contributed by atoms with Gasteiger partial charge in [0.1, 0.15) is 5.82 Å². The van der Waals surface area contributed by atoms with Crippen molar-refractivity contribution < 1.29 is 0 Å². The number of rotatable bonds is 4. The maximum Gasteiger partial charge on any atom is 0.114 e. The number of benzene rings is 7. The molecule has 264 valence electrons. The first-order valence-corrected chi connectivity index (χ1v) is 19.8. The molecule has 0 amide bonds. The van der Waals surface area contributed by atoms with Crippen molar-refractivity contribution in [3.05, 3.63) is 204 Å². The molecule has 9 aromatic rings. The molecule has 0 bridgehead atoms. The summed E-state index contributed by atoms with van der Waals surface area (Å²) in [5.74, 6) is 1.38. The van der Waals surface area contributed by atoms with Crippen LogP contribution in [0, 0.1) is 5.92 Å². The number of nitrogens with zero attached hydrogens (tertiary/aromatic N) is 3. The second-order valence-electron chi connectivity index (χ2n) is 15.5. The van der Waals surface area contributed by atoms with Crippen LogP contribution in [-0.2, 0) is 11.8 Å². The molecule has 1 unspecified atom stereocenters. The summed E-state index contributed by atoms with van der Waals surface area (Å²) < 4.78 is 2.28. The van der Waals surface area contributed by atoms with Crippen molar-refractivity contribution in [2.24, 2.45) is 5.92 Å². The molecule has 0 saturated carbocycles. The molecule has 2 aromatic heterocycles. The number of imidazole rings is 1. The summed E-state index contributed by atoms with van der Waals surface area (Å²) in [4.78, 5) is 10.3. The molecule has 56 heavy (non-hydrogen) atoms. The van der Waals surface area contributed by atoms with E-state index in [4.69, 9.17) is 9.97 Å². The Hall–Kier alpha value is -6.84. The Morgan fingerprint density at radius 2 is 1.23 bits per heavy atom. The Bertz CT molecular complexity index is 3100. The van der Waals surface area contributed by atoms with Crippen LogP contribution in [-0.4, -0.2) is 14.5 Å². The smallest absolute Gasteiger partial charge is 0.114 e. The van der Waals surface area contributed by atoms with Gasteiger partial charge in [-0.2, -0.15) is 0 Å². The van der Waals surface area contributed by atoms with Crippen molar-refractivity contribution in [1.82, 2.24) is 14.5 Å². The van der Waals surface area contributed by atoms with Gasteiger partial charge in [0.25, 0.3) is 0 Å². The normalized spacial score (nSPS) is 15.9. The molecule has 0 saturated heterocycles. The first-order valence-electron chi connectivity index (χ1n) is 19.8. The van der Waals surface area contributed by atoms with E-state index >= 15 is 0 Å². The van der Waals surface area contributed by atoms with Crippen LogP contribution in [0.25, 0.3) is 77.5 Å². The third-order valence-electron chi connectivity index (χ3n) is 12.8. The summed E-state index contributed by atoms with van der Waals surface area (Å²) in [7, 11) is 0. The van der Waals surface area contributed by atoms with Crippen molar-refractivity contribution in [3.63, 3.8) is 0 Å². The van der Waals surface area contributed by atoms with Crippen LogP contribution in [0.1, 0.15) is 41.4 Å². The zero-order chi connectivity index (χ0) is 37.0. The first-order chi connectivity index (χ1) is 27.7. The highest BCUT2D eigenvalue weighted by atomic mass is 15.1. The Balaban J connectivity index is 1.02. The van der Waals surface area contributed by atoms with Crippen molar-refractivity contribution in [2.45, 2.75) is 25.2 Å². The second kappa shape index (κ2) is 11.8. The van der Waals surface area contributed by atoms with Gasteiger partial charge in [-0.05, 0) is 86.8 Å². The van der Waals surface area contributed by atoms with E-state index in [0.717, 1.165) is 52.2 Å². The number of aryl methyl sites for hydroxylation is 1. The molecule has 12 rings (SSSR count). The number of hydrogen-bond acceptors (Lipinski definition) is 2. The number of para-hydroxylation sites is 3. The average molecular weight is 716 g/mol. The fourth-order valence-corrected chi connectivity index (χ4v) is 10.5. The molecule has 0 aliphatic heterocycles. The zero-order valence-electron chi connectivity index (χ0n) is 31.1. The topological polar surface area (TPSA) is 30.7 Å². The Morgan fingerprint density at radius 3 is 1.98 bits per heavy atom. The summed E-state index contributed by atoms with van der Waals surface area (Å²) in [5, 5.41) is 3.72. The highest BCUT2D eigenvalue weighted by Crippen LogP contribution is 2.66. The summed E-state index contributed by atoms with van der Waals surface area (Å²) in [6.07, 6.45) is 8.92. The minimum Gasteiger partial charge on any atom is -0.296 e. The number of hydrogen-bond donors (Lipinski definition) is 0. The predicted octanol–water partition coefficient (Wildman–Crippen LogP) is 12.9. The lowest BCUT2D eigenvalue weighted by molar-refractivity contribution is 0.495. The van der Waals surface area contributed by atoms with Crippen LogP contribution in [0.3, 0.4) is 0 Å². The largest absolute Gasteiger partial charge is 0.296 e. The molecular weight excluding hydrogens is 679 g/mol. The van der Waals surface area contributed by atoms with E-state index in [-0.39, 0.29) is 5.41 Å². The quantitative estimate of drug-likeness (QED) is 0.170. The van der Waals surface area contributed by atoms with Gasteiger partial charge in [0.05, 0.1) is 27.7 Å². The van der Waals surface area contributed by atoms with E-state index in [9.17, 15) is 0 Å².